The van der Waals surface area contributed by atoms with Crippen molar-refractivity contribution in [3.05, 3.63) is 0 Å². The number of aldehydes is 1. The normalized spacial score (nSPS) is 16.7. The fourth-order valence-corrected chi connectivity index (χ4v) is 1.83. The first kappa shape index (κ1) is 41.8. The lowest BCUT2D eigenvalue weighted by Gasteiger charge is -2.10. The van der Waals surface area contributed by atoms with Crippen LogP contribution in [0.4, 0.5) is 0 Å². The summed E-state index contributed by atoms with van der Waals surface area (Å²) in [5.41, 5.74) is 0. The number of carboxylic acids is 1. The van der Waals surface area contributed by atoms with Crippen LogP contribution in [-0.2, 0) is 66.7 Å². The molecule has 0 aliphatic carbocycles. The van der Waals surface area contributed by atoms with Gasteiger partial charge >= 0.3 is 35.8 Å². The van der Waals surface area contributed by atoms with E-state index in [1.54, 1.807) is 41.5 Å². The van der Waals surface area contributed by atoms with Gasteiger partial charge in [0.05, 0.1) is 17.8 Å². The molecular formula is C25H42O16. The zero-order chi connectivity index (χ0) is 31.3. The molecule has 2 heterocycles. The molecule has 41 heavy (non-hydrogen) atoms. The number of carbonyl (C=O) groups excluding carboxylic acids is 6. The van der Waals surface area contributed by atoms with Gasteiger partial charge in [-0.2, -0.15) is 0 Å². The van der Waals surface area contributed by atoms with Crippen molar-refractivity contribution in [2.24, 2.45) is 17.8 Å². The minimum Gasteiger partial charge on any atom is -0.480 e. The maximum Gasteiger partial charge on any atom is 0.334 e. The molecular weight excluding hydrogens is 556 g/mol. The molecule has 0 amide bonds. The Morgan fingerprint density at radius 3 is 1.32 bits per heavy atom. The number of ether oxygens (including phenoxy) is 7. The molecule has 0 aromatic heterocycles. The Balaban J connectivity index is -0.000000490. The van der Waals surface area contributed by atoms with Gasteiger partial charge in [-0.15, -0.1) is 0 Å². The Hall–Kier alpha value is -3.63. The number of carbonyl (C=O) groups is 7. The van der Waals surface area contributed by atoms with Gasteiger partial charge < -0.3 is 43.4 Å². The average molecular weight is 599 g/mol. The number of esters is 5. The Morgan fingerprint density at radius 1 is 0.780 bits per heavy atom. The largest absolute Gasteiger partial charge is 0.480 e. The van der Waals surface area contributed by atoms with E-state index in [9.17, 15) is 28.8 Å². The molecule has 0 aromatic rings. The quantitative estimate of drug-likeness (QED) is 0.195. The maximum atomic E-state index is 11.0. The van der Waals surface area contributed by atoms with Crippen LogP contribution in [0.25, 0.3) is 0 Å². The lowest BCUT2D eigenvalue weighted by Crippen LogP contribution is -2.22. The Morgan fingerprint density at radius 2 is 1.10 bits per heavy atom. The molecule has 0 spiro atoms. The molecule has 0 aromatic carbocycles. The molecule has 2 aliphatic heterocycles. The van der Waals surface area contributed by atoms with Crippen LogP contribution in [0, 0.1) is 17.8 Å². The summed E-state index contributed by atoms with van der Waals surface area (Å²) in [5.74, 6) is -3.54. The van der Waals surface area contributed by atoms with Crippen molar-refractivity contribution < 1.29 is 76.9 Å². The molecule has 2 atom stereocenters. The summed E-state index contributed by atoms with van der Waals surface area (Å²) in [6, 6.07) is 0. The number of rotatable bonds is 10. The van der Waals surface area contributed by atoms with Crippen LogP contribution in [0.15, 0.2) is 0 Å². The zero-order valence-corrected chi connectivity index (χ0v) is 23.3. The molecule has 238 valence electrons. The molecule has 0 saturated carbocycles. The topological polar surface area (TPSA) is 225 Å². The molecule has 16 heteroatoms. The second kappa shape index (κ2) is 24.2. The van der Waals surface area contributed by atoms with Crippen LogP contribution in [0.5, 0.6) is 0 Å². The summed E-state index contributed by atoms with van der Waals surface area (Å²) in [7, 11) is 0. The molecule has 2 fully saturated rings. The first-order chi connectivity index (χ1) is 18.6. The van der Waals surface area contributed by atoms with Gasteiger partial charge in [-0.25, -0.2) is 14.4 Å². The first-order valence-electron chi connectivity index (χ1n) is 12.0. The monoisotopic (exact) mass is 598 g/mol. The van der Waals surface area contributed by atoms with Crippen molar-refractivity contribution in [1.29, 1.82) is 0 Å². The zero-order valence-electron chi connectivity index (χ0n) is 23.3. The molecule has 2 N–H and O–H groups in total. The van der Waals surface area contributed by atoms with Gasteiger partial charge in [0.25, 0.3) is 0 Å². The summed E-state index contributed by atoms with van der Waals surface area (Å²) in [6.07, 6.45) is -0.898. The minimum atomic E-state index is -1.19. The lowest BCUT2D eigenvalue weighted by molar-refractivity contribution is -0.164. The summed E-state index contributed by atoms with van der Waals surface area (Å²) >= 11 is 0. The fraction of sp³-hybridized carbons (Fsp3) is 0.720. The molecule has 2 aliphatic rings. The van der Waals surface area contributed by atoms with Gasteiger partial charge in [0.15, 0.2) is 19.5 Å². The molecule has 16 nitrogen and oxygen atoms in total. The number of aliphatic hydroxyl groups excluding tert-OH is 1. The van der Waals surface area contributed by atoms with Crippen LogP contribution in [-0.4, -0.2) is 105 Å². The highest BCUT2D eigenvalue weighted by Crippen LogP contribution is 2.07. The third kappa shape index (κ3) is 23.9. The van der Waals surface area contributed by atoms with E-state index in [0.717, 1.165) is 0 Å². The second-order valence-electron chi connectivity index (χ2n) is 8.53. The van der Waals surface area contributed by atoms with Gasteiger partial charge in [0.2, 0.25) is 12.6 Å². The minimum absolute atomic E-state index is 0. The highest BCUT2D eigenvalue weighted by atomic mass is 16.8. The summed E-state index contributed by atoms with van der Waals surface area (Å²) in [5, 5.41) is 15.0. The van der Waals surface area contributed by atoms with E-state index < -0.39 is 37.1 Å². The van der Waals surface area contributed by atoms with Crippen LogP contribution in [0.1, 0.15) is 49.0 Å². The van der Waals surface area contributed by atoms with E-state index in [-0.39, 0.29) is 76.1 Å². The van der Waals surface area contributed by atoms with E-state index in [0.29, 0.717) is 6.29 Å². The highest BCUT2D eigenvalue weighted by molar-refractivity contribution is 5.74. The third-order valence-electron chi connectivity index (χ3n) is 3.87. The summed E-state index contributed by atoms with van der Waals surface area (Å²) in [4.78, 5) is 72.3. The van der Waals surface area contributed by atoms with Crippen molar-refractivity contribution in [2.45, 2.75) is 61.5 Å². The molecule has 0 bridgehead atoms. The lowest BCUT2D eigenvalue weighted by atomic mass is 10.2. The maximum absolute atomic E-state index is 11.0. The second-order valence-corrected chi connectivity index (χ2v) is 8.53. The molecule has 0 radical (unpaired) electrons. The van der Waals surface area contributed by atoms with Gasteiger partial charge in [-0.1, -0.05) is 49.0 Å². The average Bonchev–Trinajstić information content (AvgIpc) is 3.52. The van der Waals surface area contributed by atoms with Crippen molar-refractivity contribution >= 4 is 42.1 Å². The summed E-state index contributed by atoms with van der Waals surface area (Å²) in [6.45, 7) is 9.25. The Labute approximate surface area is 238 Å². The Bertz CT molecular complexity index is 774. The van der Waals surface area contributed by atoms with Crippen molar-refractivity contribution in [2.75, 3.05) is 39.6 Å². The number of cyclic esters (lactones) is 2. The van der Waals surface area contributed by atoms with Crippen molar-refractivity contribution in [1.82, 2.24) is 0 Å². The number of carboxylic acid groups (broad SMARTS) is 1. The molecule has 2 rings (SSSR count). The van der Waals surface area contributed by atoms with E-state index in [2.05, 4.69) is 14.2 Å². The highest BCUT2D eigenvalue weighted by Gasteiger charge is 2.26. The van der Waals surface area contributed by atoms with Crippen molar-refractivity contribution in [3.63, 3.8) is 0 Å². The number of aliphatic hydroxyl groups is 1. The van der Waals surface area contributed by atoms with Crippen LogP contribution in [0.3, 0.4) is 0 Å². The van der Waals surface area contributed by atoms with Crippen LogP contribution < -0.4 is 0 Å². The number of hydrogen-bond donors (Lipinski definition) is 2. The SMILES string of the molecule is C.CC(C)C(=O)OCC1OCC(=O)O1.CC(C)C(=O)OCC=O.CC(C)C(=O)OC[C@@H]1OCC(=O)O1.O=C(O)CO. The van der Waals surface area contributed by atoms with Crippen LogP contribution >= 0.6 is 0 Å². The predicted octanol–water partition coefficient (Wildman–Crippen LogP) is 0.254. The van der Waals surface area contributed by atoms with Gasteiger partial charge in [0, 0.05) is 0 Å². The third-order valence-corrected chi connectivity index (χ3v) is 3.87. The van der Waals surface area contributed by atoms with E-state index in [1.807, 2.05) is 0 Å². The van der Waals surface area contributed by atoms with Gasteiger partial charge in [-0.05, 0) is 0 Å². The smallest absolute Gasteiger partial charge is 0.334 e. The van der Waals surface area contributed by atoms with Gasteiger partial charge in [0.1, 0.15) is 26.4 Å². The number of aliphatic carboxylic acids is 1. The van der Waals surface area contributed by atoms with E-state index in [1.165, 1.54) is 0 Å². The fourth-order valence-electron chi connectivity index (χ4n) is 1.83. The first-order valence-corrected chi connectivity index (χ1v) is 12.0. The molecule has 1 unspecified atom stereocenters. The van der Waals surface area contributed by atoms with E-state index in [4.69, 9.17) is 34.0 Å². The standard InChI is InChI=1S/2C8H12O5.C6H10O3.C2H4O3.CH4/c2*1-5(2)8(10)12-4-7-11-3-6(9)13-7;1-5(2)6(8)9-4-3-7;3-1-2(4)5;/h2*5,7H,3-4H2,1-2H3;3,5H,4H2,1-2H3;3H,1H2,(H,4,5);1H4/t7-;;;;/m1..../s1. The predicted molar refractivity (Wildman–Crippen MR) is 137 cm³/mol. The summed E-state index contributed by atoms with van der Waals surface area (Å²) < 4.78 is 33.0. The van der Waals surface area contributed by atoms with E-state index >= 15 is 0 Å². The van der Waals surface area contributed by atoms with Crippen molar-refractivity contribution in [3.8, 4) is 0 Å². The number of hydrogen-bond acceptors (Lipinski definition) is 15. The van der Waals surface area contributed by atoms with Crippen LogP contribution in [0.2, 0.25) is 0 Å². The Kier molecular flexibility index (Phi) is 24.7. The molecule has 2 saturated heterocycles. The van der Waals surface area contributed by atoms with Gasteiger partial charge in [-0.3, -0.25) is 19.2 Å².